The second kappa shape index (κ2) is 6.15. The molecule has 2 bridgehead atoms. The first-order valence-electron chi connectivity index (χ1n) is 8.89. The largest absolute Gasteiger partial charge is 0.337 e. The molecule has 2 atom stereocenters. The van der Waals surface area contributed by atoms with E-state index in [1.165, 1.54) is 6.42 Å². The van der Waals surface area contributed by atoms with E-state index < -0.39 is 5.69 Å². The summed E-state index contributed by atoms with van der Waals surface area (Å²) in [5.41, 5.74) is 0.159. The van der Waals surface area contributed by atoms with Crippen LogP contribution in [0.5, 0.6) is 0 Å². The Bertz CT molecular complexity index is 945. The Morgan fingerprint density at radius 3 is 2.80 bits per heavy atom. The fourth-order valence-corrected chi connectivity index (χ4v) is 3.98. The van der Waals surface area contributed by atoms with Gasteiger partial charge in [0.15, 0.2) is 0 Å². The minimum absolute atomic E-state index is 0.0447. The molecular weight excluding hydrogens is 320 g/mol. The van der Waals surface area contributed by atoms with E-state index in [4.69, 9.17) is 0 Å². The number of carbonyl (C=O) groups is 1. The summed E-state index contributed by atoms with van der Waals surface area (Å²) in [6.07, 6.45) is 3.26. The van der Waals surface area contributed by atoms with Crippen LogP contribution in [0.3, 0.4) is 0 Å². The summed E-state index contributed by atoms with van der Waals surface area (Å²) in [4.78, 5) is 41.8. The number of aromatic amines is 1. The van der Waals surface area contributed by atoms with Gasteiger partial charge in [0.25, 0.3) is 11.5 Å². The minimum atomic E-state index is -0.444. The number of rotatable bonds is 2. The molecule has 7 nitrogen and oxygen atoms in total. The van der Waals surface area contributed by atoms with E-state index in [1.807, 2.05) is 4.90 Å². The predicted molar refractivity (Wildman–Crippen MR) is 95.0 cm³/mol. The third kappa shape index (κ3) is 2.78. The van der Waals surface area contributed by atoms with Gasteiger partial charge in [-0.25, -0.2) is 4.79 Å². The third-order valence-corrected chi connectivity index (χ3v) is 5.36. The van der Waals surface area contributed by atoms with Gasteiger partial charge in [-0.1, -0.05) is 0 Å². The van der Waals surface area contributed by atoms with Crippen LogP contribution in [-0.2, 0) is 6.54 Å². The van der Waals surface area contributed by atoms with Crippen LogP contribution < -0.4 is 16.6 Å². The van der Waals surface area contributed by atoms with Gasteiger partial charge < -0.3 is 15.2 Å². The van der Waals surface area contributed by atoms with Crippen LogP contribution in [0.2, 0.25) is 0 Å². The number of hydrogen-bond donors (Lipinski definition) is 2. The van der Waals surface area contributed by atoms with Crippen LogP contribution >= 0.6 is 0 Å². The number of benzene rings is 1. The lowest BCUT2D eigenvalue weighted by Gasteiger charge is -2.24. The average Bonchev–Trinajstić information content (AvgIpc) is 2.93. The van der Waals surface area contributed by atoms with Gasteiger partial charge >= 0.3 is 5.69 Å². The van der Waals surface area contributed by atoms with Crippen molar-refractivity contribution in [2.45, 2.75) is 44.8 Å². The molecule has 25 heavy (non-hydrogen) atoms. The molecular formula is C18H22N4O3. The van der Waals surface area contributed by atoms with Gasteiger partial charge in [0.1, 0.15) is 0 Å². The second-order valence-electron chi connectivity index (χ2n) is 6.92. The Kier molecular flexibility index (Phi) is 3.95. The highest BCUT2D eigenvalue weighted by atomic mass is 16.2. The Morgan fingerprint density at radius 1 is 1.20 bits per heavy atom. The number of nitrogens with one attached hydrogen (secondary N) is 2. The summed E-state index contributed by atoms with van der Waals surface area (Å²) < 4.78 is 1.15. The molecule has 1 amide bonds. The molecule has 3 heterocycles. The van der Waals surface area contributed by atoms with Crippen molar-refractivity contribution in [3.8, 4) is 0 Å². The fourth-order valence-electron chi connectivity index (χ4n) is 3.98. The summed E-state index contributed by atoms with van der Waals surface area (Å²) in [7, 11) is 0. The highest BCUT2D eigenvalue weighted by Crippen LogP contribution is 2.22. The van der Waals surface area contributed by atoms with Crippen molar-refractivity contribution in [2.24, 2.45) is 0 Å². The molecule has 0 aliphatic carbocycles. The molecule has 2 aromatic rings. The Balaban J connectivity index is 1.68. The van der Waals surface area contributed by atoms with Gasteiger partial charge in [0.05, 0.1) is 10.9 Å². The first-order chi connectivity index (χ1) is 12.1. The maximum atomic E-state index is 12.9. The zero-order valence-corrected chi connectivity index (χ0v) is 14.2. The quantitative estimate of drug-likeness (QED) is 0.840. The molecule has 2 N–H and O–H groups in total. The van der Waals surface area contributed by atoms with Crippen LogP contribution in [0, 0.1) is 0 Å². The van der Waals surface area contributed by atoms with Crippen LogP contribution in [0.25, 0.3) is 10.9 Å². The Morgan fingerprint density at radius 2 is 2.00 bits per heavy atom. The Hall–Kier alpha value is -2.41. The topological polar surface area (TPSA) is 87.2 Å². The van der Waals surface area contributed by atoms with E-state index in [0.29, 0.717) is 41.6 Å². The van der Waals surface area contributed by atoms with Gasteiger partial charge in [0, 0.05) is 37.3 Å². The number of hydrogen-bond acceptors (Lipinski definition) is 4. The summed E-state index contributed by atoms with van der Waals surface area (Å²) in [5.74, 6) is -0.0447. The number of likely N-dealkylation sites (tertiary alicyclic amines) is 1. The van der Waals surface area contributed by atoms with Crippen LogP contribution in [0.4, 0.5) is 0 Å². The average molecular weight is 342 g/mol. The van der Waals surface area contributed by atoms with Crippen molar-refractivity contribution < 1.29 is 4.79 Å². The second-order valence-corrected chi connectivity index (χ2v) is 6.92. The number of carbonyl (C=O) groups excluding carboxylic acids is 1. The SMILES string of the molecule is CCn1c(=O)[nH]c2cc(C(=O)N3CCC4CCC(C3)N4)ccc2c1=O. The molecule has 2 saturated heterocycles. The van der Waals surface area contributed by atoms with E-state index in [9.17, 15) is 14.4 Å². The number of aromatic nitrogens is 2. The maximum Gasteiger partial charge on any atom is 0.328 e. The van der Waals surface area contributed by atoms with E-state index in [1.54, 1.807) is 25.1 Å². The van der Waals surface area contributed by atoms with E-state index in [0.717, 1.165) is 24.0 Å². The lowest BCUT2D eigenvalue weighted by atomic mass is 10.1. The van der Waals surface area contributed by atoms with Crippen molar-refractivity contribution in [1.82, 2.24) is 19.8 Å². The number of fused-ring (bicyclic) bond motifs is 3. The molecule has 132 valence electrons. The van der Waals surface area contributed by atoms with Crippen LogP contribution in [0.15, 0.2) is 27.8 Å². The van der Waals surface area contributed by atoms with Gasteiger partial charge in [-0.2, -0.15) is 0 Å². The first-order valence-corrected chi connectivity index (χ1v) is 8.89. The standard InChI is InChI=1S/C18H22N4O3/c1-2-22-17(24)14-6-3-11(9-15(14)20-18(22)25)16(23)21-8-7-12-4-5-13(10-21)19-12/h3,6,9,12-13,19H,2,4-5,7-8,10H2,1H3,(H,20,25). The van der Waals surface area contributed by atoms with Crippen molar-refractivity contribution in [3.63, 3.8) is 0 Å². The third-order valence-electron chi connectivity index (χ3n) is 5.36. The summed E-state index contributed by atoms with van der Waals surface area (Å²) in [6.45, 7) is 3.51. The van der Waals surface area contributed by atoms with E-state index in [-0.39, 0.29) is 11.5 Å². The van der Waals surface area contributed by atoms with Gasteiger partial charge in [0.2, 0.25) is 0 Å². The molecule has 1 aromatic carbocycles. The molecule has 4 rings (SSSR count). The number of H-pyrrole nitrogens is 1. The molecule has 1 aromatic heterocycles. The molecule has 2 fully saturated rings. The normalized spacial score (nSPS) is 23.0. The molecule has 2 unspecified atom stereocenters. The molecule has 0 radical (unpaired) electrons. The van der Waals surface area contributed by atoms with Crippen molar-refractivity contribution in [3.05, 3.63) is 44.6 Å². The van der Waals surface area contributed by atoms with Crippen LogP contribution in [-0.4, -0.2) is 45.5 Å². The number of amides is 1. The summed E-state index contributed by atoms with van der Waals surface area (Å²) in [5, 5.41) is 3.99. The lowest BCUT2D eigenvalue weighted by molar-refractivity contribution is 0.0748. The minimum Gasteiger partial charge on any atom is -0.337 e. The smallest absolute Gasteiger partial charge is 0.328 e. The van der Waals surface area contributed by atoms with Crippen molar-refractivity contribution in [2.75, 3.05) is 13.1 Å². The van der Waals surface area contributed by atoms with Crippen LogP contribution in [0.1, 0.15) is 36.5 Å². The predicted octanol–water partition coefficient (Wildman–Crippen LogP) is 0.676. The lowest BCUT2D eigenvalue weighted by Crippen LogP contribution is -2.39. The summed E-state index contributed by atoms with van der Waals surface area (Å²) >= 11 is 0. The van der Waals surface area contributed by atoms with Gasteiger partial charge in [-0.3, -0.25) is 14.2 Å². The highest BCUT2D eigenvalue weighted by Gasteiger charge is 2.31. The summed E-state index contributed by atoms with van der Waals surface area (Å²) in [6, 6.07) is 5.82. The molecule has 2 aliphatic rings. The van der Waals surface area contributed by atoms with E-state index >= 15 is 0 Å². The Labute approximate surface area is 144 Å². The zero-order chi connectivity index (χ0) is 17.6. The van der Waals surface area contributed by atoms with Gasteiger partial charge in [-0.15, -0.1) is 0 Å². The molecule has 7 heteroatoms. The highest BCUT2D eigenvalue weighted by molar-refractivity contribution is 5.97. The zero-order valence-electron chi connectivity index (χ0n) is 14.2. The molecule has 2 aliphatic heterocycles. The maximum absolute atomic E-state index is 12.9. The van der Waals surface area contributed by atoms with Crippen molar-refractivity contribution in [1.29, 1.82) is 0 Å². The first kappa shape index (κ1) is 16.1. The fraction of sp³-hybridized carbons (Fsp3) is 0.500. The molecule has 0 spiro atoms. The number of nitrogens with zero attached hydrogens (tertiary/aromatic N) is 2. The monoisotopic (exact) mass is 342 g/mol. The van der Waals surface area contributed by atoms with Gasteiger partial charge in [-0.05, 0) is 44.4 Å². The van der Waals surface area contributed by atoms with E-state index in [2.05, 4.69) is 10.3 Å². The van der Waals surface area contributed by atoms with Crippen molar-refractivity contribution >= 4 is 16.8 Å². The molecule has 0 saturated carbocycles.